The van der Waals surface area contributed by atoms with Gasteiger partial charge in [-0.2, -0.15) is 4.58 Å². The Bertz CT molecular complexity index is 4240. The first kappa shape index (κ1) is 35.2. The standard InChI is InChI=1S/C60H38N3O/c1-2-16-38(17-3-1)61-57-28-14-15-29-59(57)64-60-37-52-42-19-5-4-18-41(42)49-34-39(62-53-24-10-6-20-45(53)46-21-7-11-25-54(46)62)30-32-43(49)44-33-31-40(35-50(44)51(52)36-58(60)61)63-55-26-12-8-22-47(55)48-23-9-13-27-56(48)63/h1-37,59H/q+1. The molecule has 0 spiro atoms. The molecule has 2 aromatic heterocycles. The minimum atomic E-state index is -0.219. The lowest BCUT2D eigenvalue weighted by Gasteiger charge is -2.24. The lowest BCUT2D eigenvalue weighted by molar-refractivity contribution is 0.303. The predicted molar refractivity (Wildman–Crippen MR) is 261 cm³/mol. The van der Waals surface area contributed by atoms with Crippen LogP contribution in [0.4, 0.5) is 11.4 Å². The molecule has 0 amide bonds. The summed E-state index contributed by atoms with van der Waals surface area (Å²) in [5.74, 6) is 0.853. The molecular weight excluding hydrogens is 779 g/mol. The number of para-hydroxylation sites is 5. The van der Waals surface area contributed by atoms with Gasteiger partial charge >= 0.3 is 0 Å². The lowest BCUT2D eigenvalue weighted by Crippen LogP contribution is -2.36. The third-order valence-corrected chi connectivity index (χ3v) is 13.6. The second-order valence-electron chi connectivity index (χ2n) is 17.0. The van der Waals surface area contributed by atoms with Gasteiger partial charge in [0.2, 0.25) is 17.5 Å². The highest BCUT2D eigenvalue weighted by Crippen LogP contribution is 2.39. The summed E-state index contributed by atoms with van der Waals surface area (Å²) < 4.78 is 14.2. The Kier molecular flexibility index (Phi) is 7.42. The summed E-state index contributed by atoms with van der Waals surface area (Å²) in [4.78, 5) is 0. The number of rotatable bonds is 3. The van der Waals surface area contributed by atoms with E-state index in [1.165, 1.54) is 64.5 Å². The molecule has 0 saturated heterocycles. The molecule has 11 aromatic rings. The summed E-state index contributed by atoms with van der Waals surface area (Å²) in [5.41, 5.74) is 10.2. The second-order valence-corrected chi connectivity index (χ2v) is 17.0. The van der Waals surface area contributed by atoms with E-state index >= 15 is 0 Å². The van der Waals surface area contributed by atoms with Crippen LogP contribution in [0.2, 0.25) is 0 Å². The Balaban J connectivity index is 1.20. The average Bonchev–Trinajstić information content (AvgIpc) is 3.88. The van der Waals surface area contributed by atoms with Crippen molar-refractivity contribution >= 4 is 60.7 Å². The third-order valence-electron chi connectivity index (χ3n) is 13.6. The summed E-state index contributed by atoms with van der Waals surface area (Å²) in [6.45, 7) is 0. The largest absolute Gasteiger partial charge is 0.468 e. The zero-order chi connectivity index (χ0) is 41.9. The highest BCUT2D eigenvalue weighted by atomic mass is 16.5. The maximum absolute atomic E-state index is 7.00. The number of benzene rings is 9. The van der Waals surface area contributed by atoms with Gasteiger partial charge in [-0.25, -0.2) is 0 Å². The molecule has 4 nitrogen and oxygen atoms in total. The van der Waals surface area contributed by atoms with Crippen LogP contribution in [0.25, 0.3) is 55.0 Å². The number of fused-ring (bicyclic) bond motifs is 12. The van der Waals surface area contributed by atoms with Gasteiger partial charge in [-0.1, -0.05) is 140 Å². The zero-order valence-electron chi connectivity index (χ0n) is 34.7. The molecule has 4 heteroatoms. The van der Waals surface area contributed by atoms with Crippen LogP contribution in [0.15, 0.2) is 224 Å². The number of allylic oxidation sites excluding steroid dienone is 2. The molecule has 2 aliphatic carbocycles. The van der Waals surface area contributed by atoms with Gasteiger partial charge in [0, 0.05) is 57.2 Å². The van der Waals surface area contributed by atoms with Crippen molar-refractivity contribution in [3.05, 3.63) is 266 Å². The van der Waals surface area contributed by atoms with Crippen LogP contribution in [0.3, 0.4) is 0 Å². The van der Waals surface area contributed by atoms with Crippen molar-refractivity contribution < 1.29 is 4.74 Å². The van der Waals surface area contributed by atoms with Crippen LogP contribution in [0.1, 0.15) is 0 Å². The van der Waals surface area contributed by atoms with E-state index in [-0.39, 0.29) is 6.10 Å². The molecule has 298 valence electrons. The van der Waals surface area contributed by atoms with Gasteiger partial charge in [0.05, 0.1) is 22.1 Å². The fraction of sp³-hybridized carbons (Fsp3) is 0.0167. The molecule has 3 aliphatic rings. The van der Waals surface area contributed by atoms with Crippen molar-refractivity contribution in [1.29, 1.82) is 0 Å². The monoisotopic (exact) mass is 816 g/mol. The normalized spacial score (nSPS) is 14.7. The van der Waals surface area contributed by atoms with Crippen LogP contribution in [-0.2, 0) is 0 Å². The predicted octanol–water partition coefficient (Wildman–Crippen LogP) is 13.5. The molecule has 1 aliphatic heterocycles. The van der Waals surface area contributed by atoms with Crippen LogP contribution in [0, 0.1) is 41.7 Å². The summed E-state index contributed by atoms with van der Waals surface area (Å²) in [5, 5.41) is 14.3. The molecule has 1 atom stereocenters. The van der Waals surface area contributed by atoms with E-state index in [0.29, 0.717) is 0 Å². The van der Waals surface area contributed by atoms with E-state index in [4.69, 9.17) is 4.74 Å². The molecule has 14 rings (SSSR count). The van der Waals surface area contributed by atoms with Crippen LogP contribution in [-0.4, -0.2) is 20.9 Å². The fourth-order valence-corrected chi connectivity index (χ4v) is 10.9. The van der Waals surface area contributed by atoms with Gasteiger partial charge in [0.25, 0.3) is 5.69 Å². The smallest absolute Gasteiger partial charge is 0.254 e. The minimum Gasteiger partial charge on any atom is -0.468 e. The molecule has 0 N–H and O–H groups in total. The highest BCUT2D eigenvalue weighted by molar-refractivity contribution is 6.10. The summed E-state index contributed by atoms with van der Waals surface area (Å²) in [6, 6.07) is 73.5. The van der Waals surface area contributed by atoms with Gasteiger partial charge in [-0.05, 0) is 102 Å². The van der Waals surface area contributed by atoms with Crippen molar-refractivity contribution in [2.45, 2.75) is 6.10 Å². The first-order chi connectivity index (χ1) is 31.8. The van der Waals surface area contributed by atoms with Crippen molar-refractivity contribution in [2.75, 3.05) is 0 Å². The Hall–Kier alpha value is -8.47. The molecule has 9 aromatic carbocycles. The molecule has 0 fully saturated rings. The first-order valence-electron chi connectivity index (χ1n) is 22.0. The number of hydrogen-bond acceptors (Lipinski definition) is 1. The third kappa shape index (κ3) is 5.02. The Labute approximate surface area is 367 Å². The second kappa shape index (κ2) is 13.5. The topological polar surface area (TPSA) is 22.1 Å². The number of hydrogen-bond donors (Lipinski definition) is 0. The van der Waals surface area contributed by atoms with E-state index < -0.39 is 0 Å². The van der Waals surface area contributed by atoms with Crippen LogP contribution >= 0.6 is 0 Å². The Morgan fingerprint density at radius 3 is 1.36 bits per heavy atom. The van der Waals surface area contributed by atoms with Crippen LogP contribution in [0.5, 0.6) is 5.75 Å². The van der Waals surface area contributed by atoms with Crippen molar-refractivity contribution in [1.82, 2.24) is 13.7 Å². The summed E-state index contributed by atoms with van der Waals surface area (Å²) in [6.07, 6.45) is 8.31. The molecule has 0 bridgehead atoms. The summed E-state index contributed by atoms with van der Waals surface area (Å²) in [7, 11) is 0. The van der Waals surface area contributed by atoms with Gasteiger partial charge in [0.1, 0.15) is 0 Å². The summed E-state index contributed by atoms with van der Waals surface area (Å²) >= 11 is 0. The van der Waals surface area contributed by atoms with Gasteiger partial charge in [-0.15, -0.1) is 0 Å². The van der Waals surface area contributed by atoms with Gasteiger partial charge in [-0.3, -0.25) is 0 Å². The maximum Gasteiger partial charge on any atom is 0.254 e. The van der Waals surface area contributed by atoms with E-state index in [9.17, 15) is 0 Å². The van der Waals surface area contributed by atoms with E-state index in [0.717, 1.165) is 55.1 Å². The lowest BCUT2D eigenvalue weighted by atomic mass is 9.99. The molecule has 0 saturated carbocycles. The van der Waals surface area contributed by atoms with Gasteiger partial charge < -0.3 is 13.9 Å². The van der Waals surface area contributed by atoms with E-state index in [1.807, 2.05) is 0 Å². The van der Waals surface area contributed by atoms with E-state index in [1.54, 1.807) is 0 Å². The molecular formula is C60H38N3O+. The minimum absolute atomic E-state index is 0.219. The average molecular weight is 817 g/mol. The SMILES string of the molecule is C1=CC2=[N+](c3ccccc3)c3cc4c(cc3OC2C=C1)=c1ccccc1=c1cc(-n2c3ccccc3c3ccccc32)ccc1=c1ccc(-n2c3ccccc3c3ccccc32)cc1=4. The highest BCUT2D eigenvalue weighted by Gasteiger charge is 2.36. The molecule has 0 radical (unpaired) electrons. The Morgan fingerprint density at radius 2 is 0.812 bits per heavy atom. The number of nitrogens with zero attached hydrogens (tertiary/aromatic N) is 3. The quantitative estimate of drug-likeness (QED) is 0.163. The van der Waals surface area contributed by atoms with Gasteiger partial charge in [0.15, 0.2) is 5.75 Å². The first-order valence-corrected chi connectivity index (χ1v) is 22.0. The zero-order valence-corrected chi connectivity index (χ0v) is 34.7. The molecule has 3 heterocycles. The van der Waals surface area contributed by atoms with Crippen molar-refractivity contribution in [3.8, 4) is 17.1 Å². The van der Waals surface area contributed by atoms with Crippen molar-refractivity contribution in [3.63, 3.8) is 0 Å². The van der Waals surface area contributed by atoms with Crippen LogP contribution < -0.4 is 9.31 Å². The fourth-order valence-electron chi connectivity index (χ4n) is 10.9. The number of aromatic nitrogens is 2. The van der Waals surface area contributed by atoms with E-state index in [2.05, 4.69) is 238 Å². The Morgan fingerprint density at radius 1 is 0.375 bits per heavy atom. The number of ether oxygens (including phenoxy) is 1. The van der Waals surface area contributed by atoms with Crippen molar-refractivity contribution in [2.24, 2.45) is 0 Å². The maximum atomic E-state index is 7.00. The molecule has 64 heavy (non-hydrogen) atoms. The molecule has 1 unspecified atom stereocenters.